The van der Waals surface area contributed by atoms with Crippen LogP contribution in [0.5, 0.6) is 11.5 Å². The lowest BCUT2D eigenvalue weighted by atomic mass is 9.89. The molecule has 3 atom stereocenters. The van der Waals surface area contributed by atoms with Crippen molar-refractivity contribution >= 4 is 45.7 Å². The molecule has 0 aliphatic heterocycles. The minimum absolute atomic E-state index is 0.127. The van der Waals surface area contributed by atoms with Crippen LogP contribution in [0.25, 0.3) is 10.9 Å². The number of hydrogen-bond donors (Lipinski definition) is 5. The second-order valence-electron chi connectivity index (χ2n) is 8.79. The van der Waals surface area contributed by atoms with Crippen LogP contribution in [0, 0.1) is 3.57 Å². The van der Waals surface area contributed by atoms with Gasteiger partial charge in [0.05, 0.1) is 17.3 Å². The maximum Gasteiger partial charge on any atom is 0.247 e. The Morgan fingerprint density at radius 3 is 2.78 bits per heavy atom. The first kappa shape index (κ1) is 27.1. The number of carbonyl (C=O) groups is 2. The number of amides is 1. The summed E-state index contributed by atoms with van der Waals surface area (Å²) in [6, 6.07) is 12.9. The highest BCUT2D eigenvalue weighted by Crippen LogP contribution is 2.36. The van der Waals surface area contributed by atoms with E-state index in [0.29, 0.717) is 45.6 Å². The number of nitrogens with one attached hydrogen (secondary N) is 3. The zero-order valence-corrected chi connectivity index (χ0v) is 22.5. The number of aromatic amines is 1. The summed E-state index contributed by atoms with van der Waals surface area (Å²) in [5, 5.41) is 27.5. The van der Waals surface area contributed by atoms with Gasteiger partial charge in [-0.05, 0) is 71.2 Å². The smallest absolute Gasteiger partial charge is 0.247 e. The van der Waals surface area contributed by atoms with Crippen molar-refractivity contribution < 1.29 is 29.3 Å². The van der Waals surface area contributed by atoms with Gasteiger partial charge in [-0.1, -0.05) is 18.2 Å². The lowest BCUT2D eigenvalue weighted by Gasteiger charge is -2.34. The molecule has 1 aliphatic rings. The first-order valence-corrected chi connectivity index (χ1v) is 13.1. The molecule has 0 saturated heterocycles. The summed E-state index contributed by atoms with van der Waals surface area (Å²) in [6.07, 6.45) is 1.53. The van der Waals surface area contributed by atoms with Gasteiger partial charge < -0.3 is 35.3 Å². The van der Waals surface area contributed by atoms with E-state index in [4.69, 9.17) is 14.6 Å². The van der Waals surface area contributed by atoms with E-state index in [1.807, 2.05) is 40.8 Å². The molecule has 0 spiro atoms. The number of aromatic nitrogens is 1. The Balaban J connectivity index is 1.52. The summed E-state index contributed by atoms with van der Waals surface area (Å²) in [6.45, 7) is 0.523. The van der Waals surface area contributed by atoms with Crippen LogP contribution in [-0.2, 0) is 11.2 Å². The van der Waals surface area contributed by atoms with Crippen molar-refractivity contribution in [3.63, 3.8) is 0 Å². The topological polar surface area (TPSA) is 133 Å². The van der Waals surface area contributed by atoms with E-state index in [0.717, 1.165) is 22.9 Å². The monoisotopic (exact) mass is 619 g/mol. The standard InChI is InChI=1S/C27H30IN3O6/c1-36-24-11-16(15-33)10-20(28)26(24)37-23-14-18(27(35)30-8-9-32)13-22(25(23)34)29-7-6-19-12-17-4-2-3-5-21(17)31-19/h2-5,10-12,14-15,22-23,25,29,31-32,34H,6-9,13H2,1H3,(H,30,35)/t22-,23+,25+/m1/s1. The van der Waals surface area contributed by atoms with Gasteiger partial charge in [-0.2, -0.15) is 0 Å². The van der Waals surface area contributed by atoms with E-state index in [-0.39, 0.29) is 19.1 Å². The fraction of sp³-hybridized carbons (Fsp3) is 0.333. The molecule has 4 rings (SSSR count). The summed E-state index contributed by atoms with van der Waals surface area (Å²) in [5.41, 5.74) is 3.02. The second-order valence-corrected chi connectivity index (χ2v) is 9.96. The number of hydrogen-bond acceptors (Lipinski definition) is 7. The molecule has 0 saturated carbocycles. The average Bonchev–Trinajstić information content (AvgIpc) is 3.32. The number of aldehydes is 1. The average molecular weight is 619 g/mol. The number of aliphatic hydroxyl groups is 2. The van der Waals surface area contributed by atoms with Gasteiger partial charge in [-0.15, -0.1) is 0 Å². The molecule has 2 aromatic carbocycles. The van der Waals surface area contributed by atoms with Crippen molar-refractivity contribution in [1.82, 2.24) is 15.6 Å². The van der Waals surface area contributed by atoms with Crippen molar-refractivity contribution in [2.45, 2.75) is 31.1 Å². The zero-order chi connectivity index (χ0) is 26.4. The van der Waals surface area contributed by atoms with Crippen molar-refractivity contribution in [3.8, 4) is 11.5 Å². The highest BCUT2D eigenvalue weighted by Gasteiger charge is 2.36. The minimum atomic E-state index is -0.955. The van der Waals surface area contributed by atoms with Crippen LogP contribution in [0.4, 0.5) is 0 Å². The molecule has 0 unspecified atom stereocenters. The largest absolute Gasteiger partial charge is 0.493 e. The lowest BCUT2D eigenvalue weighted by Crippen LogP contribution is -2.52. The molecular weight excluding hydrogens is 589 g/mol. The predicted octanol–water partition coefficient (Wildman–Crippen LogP) is 2.34. The Kier molecular flexibility index (Phi) is 9.19. The third-order valence-corrected chi connectivity index (χ3v) is 7.07. The summed E-state index contributed by atoms with van der Waals surface area (Å²) < 4.78 is 12.2. The number of ether oxygens (including phenoxy) is 2. The fourth-order valence-electron chi connectivity index (χ4n) is 4.42. The molecular formula is C27H30IN3O6. The summed E-state index contributed by atoms with van der Waals surface area (Å²) in [4.78, 5) is 27.4. The molecule has 1 aromatic heterocycles. The van der Waals surface area contributed by atoms with Gasteiger partial charge in [0, 0.05) is 41.5 Å². The van der Waals surface area contributed by atoms with Crippen LogP contribution in [0.1, 0.15) is 22.5 Å². The van der Waals surface area contributed by atoms with E-state index in [9.17, 15) is 14.7 Å². The summed E-state index contributed by atoms with van der Waals surface area (Å²) in [5.74, 6) is 0.410. The Morgan fingerprint density at radius 2 is 2.05 bits per heavy atom. The number of H-pyrrole nitrogens is 1. The summed E-state index contributed by atoms with van der Waals surface area (Å²) in [7, 11) is 1.47. The van der Waals surface area contributed by atoms with E-state index in [1.54, 1.807) is 18.2 Å². The van der Waals surface area contributed by atoms with Crippen LogP contribution in [0.15, 0.2) is 54.1 Å². The van der Waals surface area contributed by atoms with Crippen molar-refractivity contribution in [2.24, 2.45) is 0 Å². The third kappa shape index (κ3) is 6.50. The molecule has 196 valence electrons. The van der Waals surface area contributed by atoms with Gasteiger partial charge in [0.1, 0.15) is 18.5 Å². The molecule has 1 aliphatic carbocycles. The number of halogens is 1. The van der Waals surface area contributed by atoms with Crippen LogP contribution in [-0.4, -0.2) is 72.4 Å². The zero-order valence-electron chi connectivity index (χ0n) is 20.4. The Morgan fingerprint density at radius 1 is 1.24 bits per heavy atom. The predicted molar refractivity (Wildman–Crippen MR) is 148 cm³/mol. The number of fused-ring (bicyclic) bond motifs is 1. The minimum Gasteiger partial charge on any atom is -0.493 e. The Hall–Kier alpha value is -2.93. The van der Waals surface area contributed by atoms with Crippen molar-refractivity contribution in [3.05, 3.63) is 68.9 Å². The molecule has 0 radical (unpaired) electrons. The number of aliphatic hydroxyl groups excluding tert-OH is 2. The normalized spacial score (nSPS) is 19.4. The van der Waals surface area contributed by atoms with Crippen LogP contribution in [0.3, 0.4) is 0 Å². The van der Waals surface area contributed by atoms with E-state index >= 15 is 0 Å². The SMILES string of the molecule is COc1cc(C=O)cc(I)c1O[C@H]1C=C(C(=O)NCCO)C[C@@H](NCCc2cc3ccccc3[nH]2)[C@@H]1O. The van der Waals surface area contributed by atoms with E-state index in [1.165, 1.54) is 7.11 Å². The fourth-order valence-corrected chi connectivity index (χ4v) is 5.17. The molecule has 1 amide bonds. The molecule has 0 bridgehead atoms. The number of para-hydroxylation sites is 1. The maximum atomic E-state index is 12.7. The quantitative estimate of drug-likeness (QED) is 0.165. The Bertz CT molecular complexity index is 1260. The van der Waals surface area contributed by atoms with Gasteiger partial charge in [0.2, 0.25) is 5.91 Å². The first-order valence-electron chi connectivity index (χ1n) is 12.0. The van der Waals surface area contributed by atoms with E-state index in [2.05, 4.69) is 27.8 Å². The van der Waals surface area contributed by atoms with Gasteiger partial charge in [0.15, 0.2) is 11.5 Å². The third-order valence-electron chi connectivity index (χ3n) is 6.27. The Labute approximate surface area is 228 Å². The van der Waals surface area contributed by atoms with Crippen LogP contribution in [0.2, 0.25) is 0 Å². The van der Waals surface area contributed by atoms with Gasteiger partial charge in [-0.3, -0.25) is 9.59 Å². The second kappa shape index (κ2) is 12.5. The molecule has 3 aromatic rings. The molecule has 5 N–H and O–H groups in total. The van der Waals surface area contributed by atoms with Crippen molar-refractivity contribution in [2.75, 3.05) is 26.8 Å². The van der Waals surface area contributed by atoms with Crippen molar-refractivity contribution in [1.29, 1.82) is 0 Å². The highest BCUT2D eigenvalue weighted by atomic mass is 127. The number of methoxy groups -OCH3 is 1. The number of rotatable bonds is 11. The van der Waals surface area contributed by atoms with Gasteiger partial charge in [0.25, 0.3) is 0 Å². The van der Waals surface area contributed by atoms with Gasteiger partial charge >= 0.3 is 0 Å². The summed E-state index contributed by atoms with van der Waals surface area (Å²) >= 11 is 2.05. The molecule has 9 nitrogen and oxygen atoms in total. The highest BCUT2D eigenvalue weighted by molar-refractivity contribution is 14.1. The van der Waals surface area contributed by atoms with Gasteiger partial charge in [-0.25, -0.2) is 0 Å². The molecule has 37 heavy (non-hydrogen) atoms. The molecule has 0 fully saturated rings. The molecule has 10 heteroatoms. The van der Waals surface area contributed by atoms with Crippen LogP contribution >= 0.6 is 22.6 Å². The van der Waals surface area contributed by atoms with Crippen LogP contribution < -0.4 is 20.1 Å². The number of benzene rings is 2. The lowest BCUT2D eigenvalue weighted by molar-refractivity contribution is -0.118. The number of carbonyl (C=O) groups excluding carboxylic acids is 2. The molecule has 1 heterocycles. The van der Waals surface area contributed by atoms with E-state index < -0.39 is 18.2 Å². The first-order chi connectivity index (χ1) is 17.9. The maximum absolute atomic E-state index is 12.7.